The lowest BCUT2D eigenvalue weighted by Crippen LogP contribution is -2.53. The highest BCUT2D eigenvalue weighted by Gasteiger charge is 2.40. The van der Waals surface area contributed by atoms with Crippen LogP contribution < -0.4 is 10.6 Å². The number of benzene rings is 2. The minimum Gasteiger partial charge on any atom is -0.336 e. The Hall–Kier alpha value is -4.94. The molecule has 2 aromatic carbocycles. The van der Waals surface area contributed by atoms with Crippen LogP contribution in [-0.4, -0.2) is 55.7 Å². The summed E-state index contributed by atoms with van der Waals surface area (Å²) in [4.78, 5) is 36.2. The maximum absolute atomic E-state index is 13.8. The van der Waals surface area contributed by atoms with Gasteiger partial charge in [-0.25, -0.2) is 14.4 Å². The van der Waals surface area contributed by atoms with Crippen molar-refractivity contribution in [3.05, 3.63) is 77.4 Å². The van der Waals surface area contributed by atoms with Gasteiger partial charge in [0, 0.05) is 24.5 Å². The third-order valence-corrected chi connectivity index (χ3v) is 7.68. The Morgan fingerprint density at radius 3 is 2.61 bits per heavy atom. The van der Waals surface area contributed by atoms with Gasteiger partial charge in [0.2, 0.25) is 11.7 Å². The number of aromatic amines is 1. The molecule has 6 rings (SSSR count). The number of piperidine rings is 1. The molecule has 10 nitrogen and oxygen atoms in total. The molecule has 1 aliphatic heterocycles. The predicted octanol–water partition coefficient (Wildman–Crippen LogP) is 6.04. The van der Waals surface area contributed by atoms with Crippen LogP contribution in [0.15, 0.2) is 70.9 Å². The highest BCUT2D eigenvalue weighted by Crippen LogP contribution is 2.42. The number of alkyl halides is 3. The van der Waals surface area contributed by atoms with Gasteiger partial charge in [0.05, 0.1) is 22.5 Å². The van der Waals surface area contributed by atoms with Crippen LogP contribution in [0.2, 0.25) is 0 Å². The number of carbonyl (C=O) groups is 2. The van der Waals surface area contributed by atoms with Crippen LogP contribution in [0.1, 0.15) is 38.3 Å². The SMILES string of the molecule is CC(C)(C)NC(=O)N1CCC2=C(c3cccc(C(F)(F)F)c3)C=CC(C(=O)Nc3nonc3-c3nc4ccccc4[nH]3)C2C1. The smallest absolute Gasteiger partial charge is 0.336 e. The summed E-state index contributed by atoms with van der Waals surface area (Å²) in [5.41, 5.74) is 2.27. The molecule has 2 unspecified atom stereocenters. The molecule has 0 saturated carbocycles. The maximum atomic E-state index is 13.8. The number of rotatable bonds is 4. The van der Waals surface area contributed by atoms with Crippen molar-refractivity contribution >= 4 is 34.4 Å². The van der Waals surface area contributed by atoms with Gasteiger partial charge in [-0.15, -0.1) is 0 Å². The molecule has 3 amide bonds. The molecule has 44 heavy (non-hydrogen) atoms. The molecule has 1 aliphatic carbocycles. The maximum Gasteiger partial charge on any atom is 0.416 e. The summed E-state index contributed by atoms with van der Waals surface area (Å²) in [6.45, 7) is 6.16. The molecule has 0 spiro atoms. The number of urea groups is 1. The van der Waals surface area contributed by atoms with Gasteiger partial charge >= 0.3 is 12.2 Å². The van der Waals surface area contributed by atoms with E-state index in [1.807, 2.05) is 45.0 Å². The standard InChI is InChI=1S/C31H30F3N7O3/c1-30(2,3)38-29(43)41-14-13-20-19(17-7-6-8-18(15-17)31(32,33)34)11-12-21(22(20)16-41)28(42)37-27-25(39-44-40-27)26-35-23-9-4-5-10-24(23)36-26/h4-12,15,21-22H,13-14,16H2,1-3H3,(H,35,36)(H,38,43)(H,37,40,42). The van der Waals surface area contributed by atoms with E-state index in [4.69, 9.17) is 4.63 Å². The third kappa shape index (κ3) is 5.81. The third-order valence-electron chi connectivity index (χ3n) is 7.68. The summed E-state index contributed by atoms with van der Waals surface area (Å²) in [6.07, 6.45) is -0.757. The molecule has 0 bridgehead atoms. The minimum atomic E-state index is -4.50. The molecule has 228 valence electrons. The fraction of sp³-hybridized carbons (Fsp3) is 0.323. The van der Waals surface area contributed by atoms with E-state index in [2.05, 4.69) is 30.9 Å². The van der Waals surface area contributed by atoms with Crippen molar-refractivity contribution in [1.29, 1.82) is 0 Å². The second-order valence-electron chi connectivity index (χ2n) is 11.9. The highest BCUT2D eigenvalue weighted by atomic mass is 19.4. The Bertz CT molecular complexity index is 1770. The van der Waals surface area contributed by atoms with Crippen LogP contribution in [0.4, 0.5) is 23.8 Å². The number of likely N-dealkylation sites (tertiary alicyclic amines) is 1. The van der Waals surface area contributed by atoms with Gasteiger partial charge in [0.1, 0.15) is 0 Å². The van der Waals surface area contributed by atoms with Gasteiger partial charge in [-0.1, -0.05) is 42.0 Å². The quantitative estimate of drug-likeness (QED) is 0.260. The van der Waals surface area contributed by atoms with Crippen LogP contribution >= 0.6 is 0 Å². The second kappa shape index (κ2) is 11.0. The molecular weight excluding hydrogens is 575 g/mol. The van der Waals surface area contributed by atoms with E-state index in [0.717, 1.165) is 23.2 Å². The van der Waals surface area contributed by atoms with Gasteiger partial charge in [0.25, 0.3) is 0 Å². The number of carbonyl (C=O) groups excluding carboxylic acids is 2. The summed E-state index contributed by atoms with van der Waals surface area (Å²) in [7, 11) is 0. The highest BCUT2D eigenvalue weighted by molar-refractivity contribution is 5.97. The average molecular weight is 606 g/mol. The van der Waals surface area contributed by atoms with Gasteiger partial charge in [0.15, 0.2) is 11.5 Å². The summed E-state index contributed by atoms with van der Waals surface area (Å²) >= 11 is 0. The van der Waals surface area contributed by atoms with Crippen LogP contribution in [0.5, 0.6) is 0 Å². The van der Waals surface area contributed by atoms with Crippen LogP contribution in [0.25, 0.3) is 28.1 Å². The number of nitrogens with one attached hydrogen (secondary N) is 3. The first-order chi connectivity index (χ1) is 20.9. The van der Waals surface area contributed by atoms with E-state index < -0.39 is 35.0 Å². The first kappa shape index (κ1) is 29.1. The molecule has 4 aromatic rings. The lowest BCUT2D eigenvalue weighted by atomic mass is 9.73. The fourth-order valence-electron chi connectivity index (χ4n) is 5.68. The van der Waals surface area contributed by atoms with Crippen molar-refractivity contribution in [2.75, 3.05) is 18.4 Å². The zero-order chi connectivity index (χ0) is 31.2. The Kier molecular flexibility index (Phi) is 7.26. The monoisotopic (exact) mass is 605 g/mol. The zero-order valence-electron chi connectivity index (χ0n) is 24.2. The Labute approximate surface area is 250 Å². The molecule has 3 N–H and O–H groups in total. The summed E-state index contributed by atoms with van der Waals surface area (Å²) in [5.74, 6) is -1.27. The van der Waals surface area contributed by atoms with E-state index >= 15 is 0 Å². The van der Waals surface area contributed by atoms with Crippen LogP contribution in [0, 0.1) is 11.8 Å². The number of halogens is 3. The van der Waals surface area contributed by atoms with Gasteiger partial charge in [-0.3, -0.25) is 4.79 Å². The number of allylic oxidation sites excluding steroid dienone is 2. The first-order valence-electron chi connectivity index (χ1n) is 14.1. The van der Waals surface area contributed by atoms with Gasteiger partial charge in [-0.05, 0) is 72.9 Å². The summed E-state index contributed by atoms with van der Waals surface area (Å²) in [5, 5.41) is 13.6. The number of imidazole rings is 1. The Morgan fingerprint density at radius 1 is 1.07 bits per heavy atom. The normalized spacial score (nSPS) is 18.8. The molecular formula is C31H30F3N7O3. The van der Waals surface area contributed by atoms with E-state index in [0.29, 0.717) is 35.4 Å². The molecule has 1 fully saturated rings. The van der Waals surface area contributed by atoms with Crippen molar-refractivity contribution < 1.29 is 27.4 Å². The molecule has 1 saturated heterocycles. The molecule has 0 radical (unpaired) electrons. The Morgan fingerprint density at radius 2 is 1.86 bits per heavy atom. The number of hydrogen-bond acceptors (Lipinski definition) is 6. The topological polar surface area (TPSA) is 129 Å². The number of fused-ring (bicyclic) bond motifs is 2. The van der Waals surface area contributed by atoms with E-state index in [1.165, 1.54) is 6.07 Å². The van der Waals surface area contributed by atoms with Crippen molar-refractivity contribution in [3.8, 4) is 11.5 Å². The number of para-hydroxylation sites is 2. The first-order valence-corrected chi connectivity index (χ1v) is 14.1. The number of amides is 3. The number of nitrogens with zero attached hydrogens (tertiary/aromatic N) is 4. The lowest BCUT2D eigenvalue weighted by molar-refractivity contribution is -0.137. The molecule has 13 heteroatoms. The largest absolute Gasteiger partial charge is 0.416 e. The van der Waals surface area contributed by atoms with E-state index in [9.17, 15) is 22.8 Å². The molecule has 3 heterocycles. The minimum absolute atomic E-state index is 0.0646. The zero-order valence-corrected chi connectivity index (χ0v) is 24.2. The lowest BCUT2D eigenvalue weighted by Gasteiger charge is -2.41. The average Bonchev–Trinajstić information content (AvgIpc) is 3.61. The van der Waals surface area contributed by atoms with Crippen LogP contribution in [0.3, 0.4) is 0 Å². The molecule has 2 aromatic heterocycles. The molecule has 2 aliphatic rings. The number of anilines is 1. The van der Waals surface area contributed by atoms with Crippen molar-refractivity contribution in [2.24, 2.45) is 11.8 Å². The predicted molar refractivity (Wildman–Crippen MR) is 157 cm³/mol. The summed E-state index contributed by atoms with van der Waals surface area (Å²) < 4.78 is 45.6. The fourth-order valence-corrected chi connectivity index (χ4v) is 5.68. The van der Waals surface area contributed by atoms with Crippen molar-refractivity contribution in [2.45, 2.75) is 38.9 Å². The number of H-pyrrole nitrogens is 1. The van der Waals surface area contributed by atoms with Crippen molar-refractivity contribution in [1.82, 2.24) is 30.5 Å². The Balaban J connectivity index is 1.32. The van der Waals surface area contributed by atoms with Crippen molar-refractivity contribution in [3.63, 3.8) is 0 Å². The molecule has 2 atom stereocenters. The second-order valence-corrected chi connectivity index (χ2v) is 11.9. The van der Waals surface area contributed by atoms with Gasteiger partial charge in [-0.2, -0.15) is 13.2 Å². The number of aromatic nitrogens is 4. The van der Waals surface area contributed by atoms with Crippen LogP contribution in [-0.2, 0) is 11.0 Å². The summed E-state index contributed by atoms with van der Waals surface area (Å²) in [6, 6.07) is 12.2. The van der Waals surface area contributed by atoms with E-state index in [1.54, 1.807) is 23.1 Å². The number of hydrogen-bond donors (Lipinski definition) is 3. The van der Waals surface area contributed by atoms with E-state index in [-0.39, 0.29) is 24.1 Å². The van der Waals surface area contributed by atoms with Gasteiger partial charge < -0.3 is 20.5 Å².